The fraction of sp³-hybridized carbons (Fsp3) is 0.667. The first-order valence-corrected chi connectivity index (χ1v) is 7.99. The average molecular weight is 389 g/mol. The Hall–Kier alpha value is -2.02. The summed E-state index contributed by atoms with van der Waals surface area (Å²) in [5.41, 5.74) is 5.21. The third-order valence-corrected chi connectivity index (χ3v) is 3.72. The van der Waals surface area contributed by atoms with Crippen LogP contribution in [0.3, 0.4) is 0 Å². The molecule has 25 heavy (non-hydrogen) atoms. The number of alkyl halides is 3. The fourth-order valence-electron chi connectivity index (χ4n) is 1.44. The predicted octanol–water partition coefficient (Wildman–Crippen LogP) is -0.840. The molecule has 0 unspecified atom stereocenters. The van der Waals surface area contributed by atoms with Gasteiger partial charge in [-0.25, -0.2) is 0 Å². The number of carboxylic acids is 2. The number of nitrogens with one attached hydrogen (secondary N) is 2. The van der Waals surface area contributed by atoms with Gasteiger partial charge in [-0.2, -0.15) is 13.2 Å². The van der Waals surface area contributed by atoms with Crippen molar-refractivity contribution in [1.29, 1.82) is 0 Å². The first-order valence-electron chi connectivity index (χ1n) is 6.84. The Morgan fingerprint density at radius 1 is 1.16 bits per heavy atom. The first-order chi connectivity index (χ1) is 11.4. The van der Waals surface area contributed by atoms with Crippen molar-refractivity contribution in [2.45, 2.75) is 31.1 Å². The number of halogens is 3. The van der Waals surface area contributed by atoms with Gasteiger partial charge in [0.05, 0.1) is 5.75 Å². The van der Waals surface area contributed by atoms with Gasteiger partial charge in [0.25, 0.3) is 0 Å². The van der Waals surface area contributed by atoms with Crippen molar-refractivity contribution in [2.24, 2.45) is 5.73 Å². The van der Waals surface area contributed by atoms with Gasteiger partial charge in [0.1, 0.15) is 18.6 Å². The van der Waals surface area contributed by atoms with E-state index in [1.807, 2.05) is 5.32 Å². The van der Waals surface area contributed by atoms with Crippen LogP contribution in [0.25, 0.3) is 0 Å². The normalized spacial score (nSPS) is 13.6. The van der Waals surface area contributed by atoms with Crippen LogP contribution < -0.4 is 16.4 Å². The summed E-state index contributed by atoms with van der Waals surface area (Å²) in [5.74, 6) is -6.15. The van der Waals surface area contributed by atoms with Gasteiger partial charge in [0.2, 0.25) is 11.8 Å². The van der Waals surface area contributed by atoms with Crippen molar-refractivity contribution in [3.05, 3.63) is 0 Å². The van der Waals surface area contributed by atoms with Gasteiger partial charge in [0, 0.05) is 12.2 Å². The molecule has 0 aromatic carbocycles. The van der Waals surface area contributed by atoms with E-state index in [9.17, 15) is 32.3 Å². The van der Waals surface area contributed by atoms with Crippen LogP contribution in [-0.2, 0) is 19.2 Å². The van der Waals surface area contributed by atoms with Crippen molar-refractivity contribution in [3.8, 4) is 0 Å². The van der Waals surface area contributed by atoms with Crippen LogP contribution >= 0.6 is 11.8 Å². The minimum absolute atomic E-state index is 0.236. The van der Waals surface area contributed by atoms with E-state index >= 15 is 0 Å². The summed E-state index contributed by atoms with van der Waals surface area (Å²) in [6, 6.07) is -2.70. The molecule has 6 N–H and O–H groups in total. The average Bonchev–Trinajstić information content (AvgIpc) is 2.47. The van der Waals surface area contributed by atoms with E-state index in [-0.39, 0.29) is 12.8 Å². The van der Waals surface area contributed by atoms with Crippen LogP contribution in [0.4, 0.5) is 13.2 Å². The van der Waals surface area contributed by atoms with Crippen molar-refractivity contribution in [1.82, 2.24) is 10.6 Å². The topological polar surface area (TPSA) is 159 Å². The molecule has 0 aromatic heterocycles. The minimum atomic E-state index is -4.47. The largest absolute Gasteiger partial charge is 0.480 e. The summed E-state index contributed by atoms with van der Waals surface area (Å²) in [6.45, 7) is -0.765. The molecule has 0 bridgehead atoms. The SMILES string of the molecule is N[C@@H](CCC(=O)N[C@@H](CSCC(F)(F)F)C(=O)NCC(=O)O)C(=O)O. The van der Waals surface area contributed by atoms with Crippen molar-refractivity contribution in [2.75, 3.05) is 18.1 Å². The quantitative estimate of drug-likeness (QED) is 0.306. The van der Waals surface area contributed by atoms with Gasteiger partial charge in [-0.1, -0.05) is 0 Å². The number of hydrogen-bond donors (Lipinski definition) is 5. The lowest BCUT2D eigenvalue weighted by atomic mass is 10.1. The number of nitrogens with two attached hydrogens (primary N) is 1. The molecule has 0 heterocycles. The smallest absolute Gasteiger partial charge is 0.397 e. The zero-order valence-electron chi connectivity index (χ0n) is 12.8. The Labute approximate surface area is 144 Å². The predicted molar refractivity (Wildman–Crippen MR) is 80.8 cm³/mol. The number of amides is 2. The second-order valence-electron chi connectivity index (χ2n) is 4.85. The van der Waals surface area contributed by atoms with Gasteiger partial charge >= 0.3 is 18.1 Å². The van der Waals surface area contributed by atoms with Crippen molar-refractivity contribution >= 4 is 35.5 Å². The molecule has 144 valence electrons. The lowest BCUT2D eigenvalue weighted by molar-refractivity contribution is -0.139. The number of aliphatic carboxylic acids is 2. The van der Waals surface area contributed by atoms with Crippen LogP contribution in [0.5, 0.6) is 0 Å². The zero-order chi connectivity index (χ0) is 19.6. The molecule has 0 radical (unpaired) electrons. The van der Waals surface area contributed by atoms with E-state index in [2.05, 4.69) is 5.32 Å². The minimum Gasteiger partial charge on any atom is -0.480 e. The van der Waals surface area contributed by atoms with Crippen molar-refractivity contribution in [3.63, 3.8) is 0 Å². The highest BCUT2D eigenvalue weighted by molar-refractivity contribution is 7.99. The van der Waals surface area contributed by atoms with Gasteiger partial charge in [-0.05, 0) is 6.42 Å². The van der Waals surface area contributed by atoms with Crippen LogP contribution in [0.2, 0.25) is 0 Å². The number of hydrogen-bond acceptors (Lipinski definition) is 6. The molecule has 0 spiro atoms. The van der Waals surface area contributed by atoms with Crippen LogP contribution in [0.1, 0.15) is 12.8 Å². The summed E-state index contributed by atoms with van der Waals surface area (Å²) in [5, 5.41) is 21.2. The Bertz CT molecular complexity index is 503. The third-order valence-electron chi connectivity index (χ3n) is 2.62. The molecule has 0 saturated heterocycles. The number of rotatable bonds is 11. The Morgan fingerprint density at radius 2 is 1.76 bits per heavy atom. The molecule has 0 aliphatic carbocycles. The molecular weight excluding hydrogens is 371 g/mol. The molecule has 9 nitrogen and oxygen atoms in total. The lowest BCUT2D eigenvalue weighted by Gasteiger charge is -2.18. The van der Waals surface area contributed by atoms with Crippen LogP contribution in [-0.4, -0.2) is 70.3 Å². The number of carbonyl (C=O) groups is 4. The number of carbonyl (C=O) groups excluding carboxylic acids is 2. The Kier molecular flexibility index (Phi) is 9.89. The zero-order valence-corrected chi connectivity index (χ0v) is 13.7. The highest BCUT2D eigenvalue weighted by Gasteiger charge is 2.29. The van der Waals surface area contributed by atoms with E-state index in [4.69, 9.17) is 15.9 Å². The molecule has 2 atom stereocenters. The third kappa shape index (κ3) is 12.1. The van der Waals surface area contributed by atoms with Crippen molar-refractivity contribution < 1.29 is 42.6 Å². The highest BCUT2D eigenvalue weighted by atomic mass is 32.2. The second-order valence-corrected chi connectivity index (χ2v) is 5.88. The van der Waals surface area contributed by atoms with E-state index in [0.29, 0.717) is 11.8 Å². The fourth-order valence-corrected chi connectivity index (χ4v) is 2.26. The molecule has 0 aliphatic rings. The van der Waals surface area contributed by atoms with Gasteiger partial charge in [-0.3, -0.25) is 19.2 Å². The van der Waals surface area contributed by atoms with Crippen LogP contribution in [0.15, 0.2) is 0 Å². The summed E-state index contributed by atoms with van der Waals surface area (Å²) >= 11 is 0.335. The maximum atomic E-state index is 12.2. The maximum absolute atomic E-state index is 12.2. The molecule has 0 aliphatic heterocycles. The standard InChI is InChI=1S/C12H18F3N3O6S/c13-12(14,15)5-25-4-7(10(22)17-3-9(20)21)18-8(19)2-1-6(16)11(23)24/h6-7H,1-5,16H2,(H,17,22)(H,18,19)(H,20,21)(H,23,24)/t6-,7-/m0/s1. The Morgan fingerprint density at radius 3 is 2.24 bits per heavy atom. The maximum Gasteiger partial charge on any atom is 0.397 e. The lowest BCUT2D eigenvalue weighted by Crippen LogP contribution is -2.49. The monoisotopic (exact) mass is 389 g/mol. The second kappa shape index (κ2) is 10.8. The Balaban J connectivity index is 4.64. The molecule has 13 heteroatoms. The molecule has 0 rings (SSSR count). The summed E-state index contributed by atoms with van der Waals surface area (Å²) < 4.78 is 36.5. The first kappa shape index (κ1) is 23.0. The number of carboxylic acid groups (broad SMARTS) is 2. The molecule has 2 amide bonds. The van der Waals surface area contributed by atoms with E-state index in [1.165, 1.54) is 0 Å². The summed E-state index contributed by atoms with van der Waals surface area (Å²) in [6.07, 6.45) is -5.06. The number of thioether (sulfide) groups is 1. The molecular formula is C12H18F3N3O6S. The van der Waals surface area contributed by atoms with Gasteiger partial charge in [-0.15, -0.1) is 11.8 Å². The summed E-state index contributed by atoms with van der Waals surface area (Å²) in [4.78, 5) is 44.4. The van der Waals surface area contributed by atoms with E-state index in [1.54, 1.807) is 0 Å². The van der Waals surface area contributed by atoms with Crippen LogP contribution in [0, 0.1) is 0 Å². The summed E-state index contributed by atoms with van der Waals surface area (Å²) in [7, 11) is 0. The van der Waals surface area contributed by atoms with Gasteiger partial charge in [0.15, 0.2) is 0 Å². The highest BCUT2D eigenvalue weighted by Crippen LogP contribution is 2.21. The van der Waals surface area contributed by atoms with E-state index in [0.717, 1.165) is 0 Å². The molecule has 0 fully saturated rings. The van der Waals surface area contributed by atoms with E-state index < -0.39 is 60.1 Å². The molecule has 0 saturated carbocycles. The molecule has 0 aromatic rings. The van der Waals surface area contributed by atoms with Gasteiger partial charge < -0.3 is 26.6 Å².